The van der Waals surface area contributed by atoms with Gasteiger partial charge in [-0.25, -0.2) is 17.9 Å². The van der Waals surface area contributed by atoms with Gasteiger partial charge >= 0.3 is 12.1 Å². The molecule has 0 spiro atoms. The zero-order chi connectivity index (χ0) is 23.9. The molecule has 0 fully saturated rings. The van der Waals surface area contributed by atoms with Crippen LogP contribution in [0.5, 0.6) is 5.75 Å². The first kappa shape index (κ1) is 25.6. The maximum Gasteiger partial charge on any atom is 0.490 e. The van der Waals surface area contributed by atoms with Crippen molar-refractivity contribution in [1.29, 1.82) is 0 Å². The molecule has 1 aromatic carbocycles. The number of carbonyl (C=O) groups is 1. The Morgan fingerprint density at radius 3 is 2.62 bits per heavy atom. The van der Waals surface area contributed by atoms with Crippen LogP contribution in [0.3, 0.4) is 0 Å². The predicted molar refractivity (Wildman–Crippen MR) is 110 cm³/mol. The molecule has 1 aromatic heterocycles. The van der Waals surface area contributed by atoms with Crippen LogP contribution in [0.25, 0.3) is 0 Å². The van der Waals surface area contributed by atoms with Crippen LogP contribution < -0.4 is 9.46 Å². The highest BCUT2D eigenvalue weighted by Crippen LogP contribution is 2.25. The number of aliphatic carboxylic acids is 1. The molecule has 2 heterocycles. The molecule has 0 aliphatic carbocycles. The molecule has 32 heavy (non-hydrogen) atoms. The normalized spacial score (nSPS) is 16.6. The second-order valence-electron chi connectivity index (χ2n) is 7.20. The van der Waals surface area contributed by atoms with E-state index in [-0.39, 0.29) is 6.04 Å². The van der Waals surface area contributed by atoms with Gasteiger partial charge in [0.25, 0.3) is 0 Å². The predicted octanol–water partition coefficient (Wildman–Crippen LogP) is 2.02. The van der Waals surface area contributed by atoms with Gasteiger partial charge in [-0.2, -0.15) is 18.3 Å². The molecule has 1 atom stereocenters. The summed E-state index contributed by atoms with van der Waals surface area (Å²) >= 11 is 0. The lowest BCUT2D eigenvalue weighted by Crippen LogP contribution is -2.38. The minimum atomic E-state index is -5.08. The van der Waals surface area contributed by atoms with Crippen LogP contribution in [0.4, 0.5) is 13.2 Å². The number of methoxy groups -OCH3 is 1. The van der Waals surface area contributed by atoms with E-state index >= 15 is 0 Å². The third-order valence-electron chi connectivity index (χ3n) is 4.58. The first-order chi connectivity index (χ1) is 14.9. The first-order valence-electron chi connectivity index (χ1n) is 9.51. The van der Waals surface area contributed by atoms with Crippen molar-refractivity contribution in [3.8, 4) is 5.75 Å². The average molecular weight is 478 g/mol. The number of alkyl halides is 3. The van der Waals surface area contributed by atoms with Crippen molar-refractivity contribution in [2.45, 2.75) is 31.7 Å². The number of hydrogen-bond donors (Lipinski definition) is 2. The molecule has 0 saturated heterocycles. The molecule has 0 bridgehead atoms. The Kier molecular flexibility index (Phi) is 8.64. The lowest BCUT2D eigenvalue weighted by atomic mass is 10.1. The third-order valence-corrected chi connectivity index (χ3v) is 5.31. The number of sulfonamides is 1. The number of halogens is 3. The minimum absolute atomic E-state index is 0.151. The molecule has 2 N–H and O–H groups in total. The van der Waals surface area contributed by atoms with Gasteiger partial charge in [0.15, 0.2) is 0 Å². The lowest BCUT2D eigenvalue weighted by molar-refractivity contribution is -0.192. The Morgan fingerprint density at radius 1 is 1.34 bits per heavy atom. The maximum atomic E-state index is 11.3. The second-order valence-corrected chi connectivity index (χ2v) is 9.03. The van der Waals surface area contributed by atoms with Gasteiger partial charge in [0.1, 0.15) is 5.75 Å². The van der Waals surface area contributed by atoms with Gasteiger partial charge in [-0.1, -0.05) is 12.1 Å². The number of carboxylic acid groups (broad SMARTS) is 1. The summed E-state index contributed by atoms with van der Waals surface area (Å²) in [6.07, 6.45) is -1.39. The Balaban J connectivity index is 0.000000451. The molecule has 9 nitrogen and oxygen atoms in total. The van der Waals surface area contributed by atoms with Crippen molar-refractivity contribution in [1.82, 2.24) is 19.4 Å². The van der Waals surface area contributed by atoms with E-state index in [2.05, 4.69) is 20.8 Å². The minimum Gasteiger partial charge on any atom is -0.497 e. The summed E-state index contributed by atoms with van der Waals surface area (Å²) in [6, 6.07) is 10.2. The van der Waals surface area contributed by atoms with E-state index in [1.165, 1.54) is 11.8 Å². The Bertz CT molecular complexity index is 1010. The van der Waals surface area contributed by atoms with Crippen LogP contribution >= 0.6 is 0 Å². The molecule has 1 unspecified atom stereocenters. The zero-order valence-corrected chi connectivity index (χ0v) is 18.4. The number of carboxylic acids is 1. The number of ether oxygens (including phenoxy) is 1. The van der Waals surface area contributed by atoms with Crippen molar-refractivity contribution in [2.75, 3.05) is 26.5 Å². The van der Waals surface area contributed by atoms with Crippen LogP contribution in [0.2, 0.25) is 0 Å². The molecular weight excluding hydrogens is 453 g/mol. The van der Waals surface area contributed by atoms with E-state index in [9.17, 15) is 21.6 Å². The third kappa shape index (κ3) is 8.13. The molecule has 1 aliphatic heterocycles. The van der Waals surface area contributed by atoms with E-state index in [0.29, 0.717) is 13.0 Å². The molecule has 2 aromatic rings. The van der Waals surface area contributed by atoms with Gasteiger partial charge in [0.05, 0.1) is 25.1 Å². The summed E-state index contributed by atoms with van der Waals surface area (Å²) in [6.45, 7) is 2.89. The fraction of sp³-hybridized carbons (Fsp3) is 0.474. The van der Waals surface area contributed by atoms with Crippen molar-refractivity contribution in [2.24, 2.45) is 0 Å². The highest BCUT2D eigenvalue weighted by molar-refractivity contribution is 7.88. The summed E-state index contributed by atoms with van der Waals surface area (Å²) in [5.74, 6) is -1.90. The Morgan fingerprint density at radius 2 is 2.03 bits per heavy atom. The van der Waals surface area contributed by atoms with E-state index < -0.39 is 22.2 Å². The molecule has 13 heteroatoms. The second kappa shape index (κ2) is 10.8. The number of fused-ring (bicyclic) bond motifs is 1. The fourth-order valence-electron chi connectivity index (χ4n) is 3.24. The van der Waals surface area contributed by atoms with Gasteiger partial charge in [0.2, 0.25) is 10.0 Å². The average Bonchev–Trinajstić information content (AvgIpc) is 3.15. The van der Waals surface area contributed by atoms with Crippen molar-refractivity contribution < 1.29 is 36.2 Å². The number of nitrogens with zero attached hydrogens (tertiary/aromatic N) is 3. The monoisotopic (exact) mass is 478 g/mol. The van der Waals surface area contributed by atoms with Gasteiger partial charge in [-0.05, 0) is 30.2 Å². The zero-order valence-electron chi connectivity index (χ0n) is 17.5. The van der Waals surface area contributed by atoms with Crippen LogP contribution in [0.15, 0.2) is 36.5 Å². The van der Waals surface area contributed by atoms with Gasteiger partial charge < -0.3 is 9.84 Å². The standard InChI is InChI=1S/C17H24N4O3S.C2HF3O2/c1-24-17-5-3-4-14(10-17)11-20-12-15-6-8-18-21(15)16(13-20)7-9-19-25(2,22)23;3-2(4,5)1(6)7/h3-6,8,10,16,19H,7,9,11-13H2,1-2H3;(H,6,7). The highest BCUT2D eigenvalue weighted by Gasteiger charge is 2.38. The smallest absolute Gasteiger partial charge is 0.490 e. The number of rotatable bonds is 7. The number of benzene rings is 1. The Hall–Kier alpha value is -2.64. The van der Waals surface area contributed by atoms with Crippen molar-refractivity contribution in [3.05, 3.63) is 47.8 Å². The van der Waals surface area contributed by atoms with Crippen LogP contribution in [0.1, 0.15) is 23.7 Å². The largest absolute Gasteiger partial charge is 0.497 e. The highest BCUT2D eigenvalue weighted by atomic mass is 32.2. The SMILES string of the molecule is COc1cccc(CN2Cc3ccnn3C(CCNS(C)(=O)=O)C2)c1.O=C(O)C(F)(F)F. The molecular formula is C19H25F3N4O5S. The van der Waals surface area contributed by atoms with Crippen LogP contribution in [0, 0.1) is 0 Å². The van der Waals surface area contributed by atoms with Gasteiger partial charge in [0, 0.05) is 32.4 Å². The summed E-state index contributed by atoms with van der Waals surface area (Å²) in [4.78, 5) is 11.3. The maximum absolute atomic E-state index is 11.3. The van der Waals surface area contributed by atoms with Gasteiger partial charge in [-0.15, -0.1) is 0 Å². The topological polar surface area (TPSA) is 114 Å². The fourth-order valence-corrected chi connectivity index (χ4v) is 3.73. The molecule has 0 saturated carbocycles. The van der Waals surface area contributed by atoms with E-state index in [0.717, 1.165) is 31.1 Å². The summed E-state index contributed by atoms with van der Waals surface area (Å²) in [5, 5.41) is 11.5. The van der Waals surface area contributed by atoms with Crippen LogP contribution in [-0.4, -0.2) is 66.8 Å². The van der Waals surface area contributed by atoms with E-state index in [4.69, 9.17) is 14.6 Å². The van der Waals surface area contributed by atoms with Crippen molar-refractivity contribution in [3.63, 3.8) is 0 Å². The molecule has 178 valence electrons. The number of hydrogen-bond acceptors (Lipinski definition) is 6. The quantitative estimate of drug-likeness (QED) is 0.626. The van der Waals surface area contributed by atoms with Crippen LogP contribution in [-0.2, 0) is 27.9 Å². The lowest BCUT2D eigenvalue weighted by Gasteiger charge is -2.34. The number of aromatic nitrogens is 2. The van der Waals surface area contributed by atoms with E-state index in [1.54, 1.807) is 13.3 Å². The Labute approximate surface area is 183 Å². The summed E-state index contributed by atoms with van der Waals surface area (Å²) in [5.41, 5.74) is 2.35. The molecule has 0 amide bonds. The van der Waals surface area contributed by atoms with E-state index in [1.807, 2.05) is 28.9 Å². The van der Waals surface area contributed by atoms with Gasteiger partial charge in [-0.3, -0.25) is 9.58 Å². The molecule has 0 radical (unpaired) electrons. The summed E-state index contributed by atoms with van der Waals surface area (Å²) < 4.78 is 64.2. The number of nitrogens with one attached hydrogen (secondary N) is 1. The molecule has 3 rings (SSSR count). The van der Waals surface area contributed by atoms with Crippen molar-refractivity contribution >= 4 is 16.0 Å². The first-order valence-corrected chi connectivity index (χ1v) is 11.4. The molecule has 1 aliphatic rings. The summed E-state index contributed by atoms with van der Waals surface area (Å²) in [7, 11) is -1.50.